The summed E-state index contributed by atoms with van der Waals surface area (Å²) in [6.45, 7) is 2.90. The summed E-state index contributed by atoms with van der Waals surface area (Å²) in [6, 6.07) is 0. The number of hydrogen-bond donors (Lipinski definition) is 0. The molecule has 0 atom stereocenters. The van der Waals surface area contributed by atoms with Crippen LogP contribution in [0.5, 0.6) is 0 Å². The molecule has 0 N–H and O–H groups in total. The van der Waals surface area contributed by atoms with Crippen LogP contribution in [0.25, 0.3) is 0 Å². The van der Waals surface area contributed by atoms with E-state index in [1.807, 2.05) is 0 Å². The zero-order chi connectivity index (χ0) is 14.8. The third-order valence-corrected chi connectivity index (χ3v) is 21.7. The molecule has 0 radical (unpaired) electrons. The van der Waals surface area contributed by atoms with E-state index in [9.17, 15) is 0 Å². The Balaban J connectivity index is 1.90. The molecule has 0 unspecified atom stereocenters. The van der Waals surface area contributed by atoms with Gasteiger partial charge >= 0.3 is 146 Å². The summed E-state index contributed by atoms with van der Waals surface area (Å²) < 4.78 is -1.57. The second kappa shape index (κ2) is 6.96. The van der Waals surface area contributed by atoms with Crippen molar-refractivity contribution in [2.75, 3.05) is 6.66 Å². The van der Waals surface area contributed by atoms with E-state index >= 15 is 0 Å². The van der Waals surface area contributed by atoms with Crippen LogP contribution in [0, 0.1) is 0 Å². The first kappa shape index (κ1) is 17.0. The molecule has 3 rings (SSSR count). The van der Waals surface area contributed by atoms with Gasteiger partial charge in [0.25, 0.3) is 0 Å². The molecule has 3 aliphatic rings. The molecule has 0 aromatic rings. The Bertz CT molecular complexity index is 281. The topological polar surface area (TPSA) is 0 Å². The van der Waals surface area contributed by atoms with Crippen LogP contribution in [0.3, 0.4) is 0 Å². The Labute approximate surface area is 146 Å². The molecule has 0 aromatic heterocycles. The molecular weight excluding hydrogens is 386 g/mol. The summed E-state index contributed by atoms with van der Waals surface area (Å²) in [4.78, 5) is 0. The van der Waals surface area contributed by atoms with E-state index in [0.717, 1.165) is 17.0 Å². The van der Waals surface area contributed by atoms with Gasteiger partial charge in [-0.2, -0.15) is 0 Å². The van der Waals surface area contributed by atoms with E-state index in [-0.39, 0.29) is 0 Å². The zero-order valence-corrected chi connectivity index (χ0v) is 17.2. The predicted molar refractivity (Wildman–Crippen MR) is 107 cm³/mol. The van der Waals surface area contributed by atoms with Crippen LogP contribution in [-0.4, -0.2) is 23.6 Å². The average Bonchev–Trinajstić information content (AvgIpc) is 2.57. The van der Waals surface area contributed by atoms with Gasteiger partial charge < -0.3 is 0 Å². The molecule has 3 saturated carbocycles. The van der Waals surface area contributed by atoms with Crippen molar-refractivity contribution in [1.29, 1.82) is 0 Å². The van der Waals surface area contributed by atoms with Crippen molar-refractivity contribution in [2.24, 2.45) is 0 Å². The summed E-state index contributed by atoms with van der Waals surface area (Å²) in [6.07, 6.45) is 23.3. The zero-order valence-electron chi connectivity index (χ0n) is 14.2. The van der Waals surface area contributed by atoms with Crippen molar-refractivity contribution in [3.8, 4) is 0 Å². The average molecular weight is 422 g/mol. The Morgan fingerprint density at radius 2 is 0.762 bits per heavy atom. The van der Waals surface area contributed by atoms with Crippen LogP contribution in [0.2, 0.25) is 0 Å². The fourth-order valence-corrected chi connectivity index (χ4v) is 17.9. The van der Waals surface area contributed by atoms with Crippen LogP contribution in [0.15, 0.2) is 0 Å². The molecular formula is C19H36IP. The van der Waals surface area contributed by atoms with Crippen molar-refractivity contribution in [1.82, 2.24) is 0 Å². The normalized spacial score (nSPS) is 29.9. The van der Waals surface area contributed by atoms with Crippen LogP contribution < -0.4 is 0 Å². The van der Waals surface area contributed by atoms with E-state index in [4.69, 9.17) is 0 Å². The molecule has 3 fully saturated rings. The Kier molecular flexibility index (Phi) is 5.63. The Hall–Kier alpha value is 1.16. The molecule has 21 heavy (non-hydrogen) atoms. The summed E-state index contributed by atoms with van der Waals surface area (Å²) in [5, 5.41) is 0. The van der Waals surface area contributed by atoms with Crippen LogP contribution in [-0.2, 0) is 0 Å². The molecule has 0 aliphatic heterocycles. The maximum absolute atomic E-state index is 3.20. The fourth-order valence-electron chi connectivity index (χ4n) is 6.10. The second-order valence-electron chi connectivity index (χ2n) is 8.56. The summed E-state index contributed by atoms with van der Waals surface area (Å²) in [5.41, 5.74) is 3.41. The fraction of sp³-hybridized carbons (Fsp3) is 1.00. The number of rotatable bonds is 3. The van der Waals surface area contributed by atoms with Gasteiger partial charge in [-0.25, -0.2) is 0 Å². The van der Waals surface area contributed by atoms with Gasteiger partial charge in [0.15, 0.2) is 0 Å². The van der Waals surface area contributed by atoms with Gasteiger partial charge in [0.2, 0.25) is 0 Å². The maximum atomic E-state index is 3.20. The van der Waals surface area contributed by atoms with Crippen molar-refractivity contribution in [3.63, 3.8) is 0 Å². The van der Waals surface area contributed by atoms with Crippen LogP contribution in [0.4, 0.5) is 0 Å². The monoisotopic (exact) mass is 422 g/mol. The molecule has 0 saturated heterocycles. The molecule has 0 heterocycles. The minimum atomic E-state index is -1.57. The summed E-state index contributed by atoms with van der Waals surface area (Å²) in [5.74, 6) is 0. The third kappa shape index (κ3) is 3.21. The first-order valence-electron chi connectivity index (χ1n) is 9.84. The first-order chi connectivity index (χ1) is 10.1. The molecule has 2 heteroatoms. The van der Waals surface area contributed by atoms with E-state index in [1.165, 1.54) is 19.3 Å². The van der Waals surface area contributed by atoms with Gasteiger partial charge in [-0.15, -0.1) is 0 Å². The molecule has 0 spiro atoms. The minimum absolute atomic E-state index is 1.14. The van der Waals surface area contributed by atoms with Crippen molar-refractivity contribution in [2.45, 2.75) is 113 Å². The molecule has 124 valence electrons. The van der Waals surface area contributed by atoms with Crippen LogP contribution >= 0.6 is 26.3 Å². The molecule has 0 bridgehead atoms. The van der Waals surface area contributed by atoms with Gasteiger partial charge in [-0.1, -0.05) is 0 Å². The molecule has 0 amide bonds. The molecule has 0 aromatic carbocycles. The third-order valence-electron chi connectivity index (χ3n) is 7.50. The molecule has 0 nitrogen and oxygen atoms in total. The Morgan fingerprint density at radius 1 is 0.524 bits per heavy atom. The predicted octanol–water partition coefficient (Wildman–Crippen LogP) is 7.52. The SMILES string of the molecule is CP(I)(C1CCCCC1)(C1CCCCC1)C1CCCCC1. The van der Waals surface area contributed by atoms with E-state index in [0.29, 0.717) is 0 Å². The second-order valence-corrected chi connectivity index (χ2v) is 22.0. The summed E-state index contributed by atoms with van der Waals surface area (Å²) in [7, 11) is 0. The van der Waals surface area contributed by atoms with Crippen LogP contribution in [0.1, 0.15) is 96.3 Å². The first-order valence-corrected chi connectivity index (χ1v) is 15.5. The Morgan fingerprint density at radius 3 is 1.00 bits per heavy atom. The van der Waals surface area contributed by atoms with E-state index in [2.05, 4.69) is 28.7 Å². The van der Waals surface area contributed by atoms with Gasteiger partial charge in [0.1, 0.15) is 0 Å². The number of halogens is 1. The van der Waals surface area contributed by atoms with Gasteiger partial charge in [-0.05, 0) is 0 Å². The van der Waals surface area contributed by atoms with Crippen molar-refractivity contribution < 1.29 is 0 Å². The van der Waals surface area contributed by atoms with Crippen molar-refractivity contribution >= 4 is 26.3 Å². The number of hydrogen-bond acceptors (Lipinski definition) is 0. The standard InChI is InChI=1S/C19H36IP/c1-21(20,17-11-5-2-6-12-17,18-13-7-3-8-14-18)19-15-9-4-10-16-19/h17-19H,2-16H2,1H3. The van der Waals surface area contributed by atoms with Gasteiger partial charge in [0.05, 0.1) is 0 Å². The van der Waals surface area contributed by atoms with Gasteiger partial charge in [-0.3, -0.25) is 0 Å². The quantitative estimate of drug-likeness (QED) is 0.326. The van der Waals surface area contributed by atoms with E-state index in [1.54, 1.807) is 77.0 Å². The molecule has 3 aliphatic carbocycles. The van der Waals surface area contributed by atoms with E-state index < -0.39 is 4.25 Å². The van der Waals surface area contributed by atoms with Crippen molar-refractivity contribution in [3.05, 3.63) is 0 Å². The van der Waals surface area contributed by atoms with Gasteiger partial charge in [0, 0.05) is 0 Å². The summed E-state index contributed by atoms with van der Waals surface area (Å²) >= 11 is 3.20.